The van der Waals surface area contributed by atoms with Crippen LogP contribution in [0.2, 0.25) is 0 Å². The Morgan fingerprint density at radius 2 is 2.24 bits per heavy atom. The number of hydrogen-bond acceptors (Lipinski definition) is 3. The van der Waals surface area contributed by atoms with E-state index in [0.717, 1.165) is 12.0 Å². The second-order valence-corrected chi connectivity index (χ2v) is 5.59. The lowest BCUT2D eigenvalue weighted by atomic mass is 9.95. The molecule has 1 saturated heterocycles. The Hall–Kier alpha value is -1.83. The minimum Gasteiger partial charge on any atom is -0.391 e. The fraction of sp³-hybridized carbons (Fsp3) is 0.471. The molecule has 2 rings (SSSR count). The van der Waals surface area contributed by atoms with E-state index in [2.05, 4.69) is 11.8 Å². The Bertz CT molecular complexity index is 585. The summed E-state index contributed by atoms with van der Waals surface area (Å²) in [5, 5.41) is 18.8. The van der Waals surface area contributed by atoms with Crippen molar-refractivity contribution < 1.29 is 15.0 Å². The van der Waals surface area contributed by atoms with Crippen LogP contribution in [-0.4, -0.2) is 46.8 Å². The van der Waals surface area contributed by atoms with E-state index < -0.39 is 6.10 Å². The Labute approximate surface area is 125 Å². The monoisotopic (exact) mass is 287 g/mol. The van der Waals surface area contributed by atoms with Crippen LogP contribution < -0.4 is 0 Å². The van der Waals surface area contributed by atoms with Gasteiger partial charge in [-0.15, -0.1) is 0 Å². The quantitative estimate of drug-likeness (QED) is 0.763. The molecular weight excluding hydrogens is 266 g/mol. The number of amides is 1. The molecule has 1 fully saturated rings. The van der Waals surface area contributed by atoms with Crippen molar-refractivity contribution >= 4 is 5.91 Å². The highest BCUT2D eigenvalue weighted by Gasteiger charge is 2.28. The van der Waals surface area contributed by atoms with Crippen molar-refractivity contribution in [3.63, 3.8) is 0 Å². The number of rotatable bonds is 1. The van der Waals surface area contributed by atoms with Gasteiger partial charge in [-0.05, 0) is 37.0 Å². The first-order valence-electron chi connectivity index (χ1n) is 7.20. The van der Waals surface area contributed by atoms with Crippen molar-refractivity contribution in [3.8, 4) is 11.8 Å². The number of aliphatic hydroxyl groups is 2. The molecule has 2 unspecified atom stereocenters. The highest BCUT2D eigenvalue weighted by atomic mass is 16.3. The van der Waals surface area contributed by atoms with Gasteiger partial charge < -0.3 is 15.1 Å². The van der Waals surface area contributed by atoms with Gasteiger partial charge in [0.2, 0.25) is 0 Å². The molecule has 0 radical (unpaired) electrons. The number of aliphatic hydroxyl groups excluding tert-OH is 2. The van der Waals surface area contributed by atoms with Crippen molar-refractivity contribution in [1.29, 1.82) is 0 Å². The van der Waals surface area contributed by atoms with E-state index in [9.17, 15) is 9.90 Å². The average Bonchev–Trinajstić information content (AvgIpc) is 2.47. The summed E-state index contributed by atoms with van der Waals surface area (Å²) in [5.74, 6) is 5.54. The summed E-state index contributed by atoms with van der Waals surface area (Å²) in [5.41, 5.74) is 2.17. The molecule has 1 amide bonds. The van der Waals surface area contributed by atoms with Crippen LogP contribution >= 0.6 is 0 Å². The van der Waals surface area contributed by atoms with Gasteiger partial charge in [0.05, 0.1) is 11.7 Å². The number of piperidine rings is 1. The SMILES string of the molecule is Cc1ccc(C(=O)N2CCC(C)C(O)C2)c(C#CCO)c1. The maximum Gasteiger partial charge on any atom is 0.255 e. The number of β-amino-alcohol motifs (C(OH)–C–C–N with tert-alkyl or cyclic N) is 1. The molecule has 0 aromatic heterocycles. The summed E-state index contributed by atoms with van der Waals surface area (Å²) < 4.78 is 0. The van der Waals surface area contributed by atoms with Crippen molar-refractivity contribution in [1.82, 2.24) is 4.90 Å². The Morgan fingerprint density at radius 3 is 2.90 bits per heavy atom. The summed E-state index contributed by atoms with van der Waals surface area (Å²) in [6.45, 7) is 4.71. The molecular formula is C17H21NO3. The molecule has 4 nitrogen and oxygen atoms in total. The maximum atomic E-state index is 12.6. The third-order valence-corrected chi connectivity index (χ3v) is 3.91. The summed E-state index contributed by atoms with van der Waals surface area (Å²) in [6.07, 6.45) is 0.330. The van der Waals surface area contributed by atoms with Crippen LogP contribution in [0, 0.1) is 24.7 Å². The molecule has 1 aliphatic rings. The van der Waals surface area contributed by atoms with Crippen LogP contribution in [0.5, 0.6) is 0 Å². The van der Waals surface area contributed by atoms with Gasteiger partial charge in [-0.1, -0.05) is 24.8 Å². The first-order valence-corrected chi connectivity index (χ1v) is 7.20. The number of carbonyl (C=O) groups is 1. The first kappa shape index (κ1) is 15.6. The number of nitrogens with zero attached hydrogens (tertiary/aromatic N) is 1. The number of benzene rings is 1. The fourth-order valence-electron chi connectivity index (χ4n) is 2.49. The molecule has 0 aliphatic carbocycles. The van der Waals surface area contributed by atoms with Gasteiger partial charge in [-0.2, -0.15) is 0 Å². The lowest BCUT2D eigenvalue weighted by molar-refractivity contribution is 0.0248. The second kappa shape index (κ2) is 6.75. The third kappa shape index (κ3) is 3.63. The van der Waals surface area contributed by atoms with Gasteiger partial charge in [0, 0.05) is 18.7 Å². The zero-order valence-electron chi connectivity index (χ0n) is 12.5. The summed E-state index contributed by atoms with van der Waals surface area (Å²) in [4.78, 5) is 14.3. The Morgan fingerprint density at radius 1 is 1.48 bits per heavy atom. The lowest BCUT2D eigenvalue weighted by Gasteiger charge is -2.34. The van der Waals surface area contributed by atoms with E-state index >= 15 is 0 Å². The molecule has 1 aromatic rings. The molecule has 112 valence electrons. The van der Waals surface area contributed by atoms with E-state index in [1.807, 2.05) is 26.0 Å². The number of hydrogen-bond donors (Lipinski definition) is 2. The largest absolute Gasteiger partial charge is 0.391 e. The van der Waals surface area contributed by atoms with Crippen molar-refractivity contribution in [2.75, 3.05) is 19.7 Å². The Kier molecular flexibility index (Phi) is 5.00. The summed E-state index contributed by atoms with van der Waals surface area (Å²) in [6, 6.07) is 5.49. The van der Waals surface area contributed by atoms with E-state index in [-0.39, 0.29) is 18.4 Å². The number of carbonyl (C=O) groups excluding carboxylic acids is 1. The highest BCUT2D eigenvalue weighted by molar-refractivity contribution is 5.97. The summed E-state index contributed by atoms with van der Waals surface area (Å²) >= 11 is 0. The van der Waals surface area contributed by atoms with Gasteiger partial charge in [0.1, 0.15) is 6.61 Å². The van der Waals surface area contributed by atoms with Crippen LogP contribution in [0.4, 0.5) is 0 Å². The number of aryl methyl sites for hydroxylation is 1. The van der Waals surface area contributed by atoms with Crippen LogP contribution in [0.3, 0.4) is 0 Å². The average molecular weight is 287 g/mol. The first-order chi connectivity index (χ1) is 10.0. The molecule has 1 aromatic carbocycles. The zero-order chi connectivity index (χ0) is 15.4. The molecule has 4 heteroatoms. The van der Waals surface area contributed by atoms with Crippen LogP contribution in [0.15, 0.2) is 18.2 Å². The fourth-order valence-corrected chi connectivity index (χ4v) is 2.49. The molecule has 0 spiro atoms. The van der Waals surface area contributed by atoms with E-state index in [1.54, 1.807) is 11.0 Å². The van der Waals surface area contributed by atoms with Crippen LogP contribution in [0.1, 0.15) is 34.8 Å². The molecule has 0 bridgehead atoms. The van der Waals surface area contributed by atoms with Gasteiger partial charge in [0.15, 0.2) is 0 Å². The second-order valence-electron chi connectivity index (χ2n) is 5.59. The van der Waals surface area contributed by atoms with Gasteiger partial charge in [-0.3, -0.25) is 4.79 Å². The van der Waals surface area contributed by atoms with Gasteiger partial charge in [0.25, 0.3) is 5.91 Å². The maximum absolute atomic E-state index is 12.6. The minimum absolute atomic E-state index is 0.108. The third-order valence-electron chi connectivity index (χ3n) is 3.91. The molecule has 1 aliphatic heterocycles. The van der Waals surface area contributed by atoms with E-state index in [4.69, 9.17) is 5.11 Å². The van der Waals surface area contributed by atoms with E-state index in [0.29, 0.717) is 24.2 Å². The topological polar surface area (TPSA) is 60.8 Å². The standard InChI is InChI=1S/C17H21NO3/c1-12-5-6-15(14(10-12)4-3-9-19)17(21)18-8-7-13(2)16(20)11-18/h5-6,10,13,16,19-20H,7-9,11H2,1-2H3. The summed E-state index contributed by atoms with van der Waals surface area (Å²) in [7, 11) is 0. The van der Waals surface area contributed by atoms with Crippen LogP contribution in [0.25, 0.3) is 0 Å². The molecule has 2 N–H and O–H groups in total. The molecule has 0 saturated carbocycles. The smallest absolute Gasteiger partial charge is 0.255 e. The van der Waals surface area contributed by atoms with E-state index in [1.165, 1.54) is 0 Å². The normalized spacial score (nSPS) is 21.6. The Balaban J connectivity index is 2.26. The predicted molar refractivity (Wildman–Crippen MR) is 80.8 cm³/mol. The lowest BCUT2D eigenvalue weighted by Crippen LogP contribution is -2.46. The van der Waals surface area contributed by atoms with Crippen molar-refractivity contribution in [2.45, 2.75) is 26.4 Å². The van der Waals surface area contributed by atoms with Gasteiger partial charge in [-0.25, -0.2) is 0 Å². The van der Waals surface area contributed by atoms with Gasteiger partial charge >= 0.3 is 0 Å². The highest BCUT2D eigenvalue weighted by Crippen LogP contribution is 2.20. The number of likely N-dealkylation sites (tertiary alicyclic amines) is 1. The minimum atomic E-state index is -0.472. The van der Waals surface area contributed by atoms with Crippen LogP contribution in [-0.2, 0) is 0 Å². The van der Waals surface area contributed by atoms with Crippen molar-refractivity contribution in [3.05, 3.63) is 34.9 Å². The molecule has 2 atom stereocenters. The van der Waals surface area contributed by atoms with Crippen molar-refractivity contribution in [2.24, 2.45) is 5.92 Å². The molecule has 1 heterocycles. The zero-order valence-corrected chi connectivity index (χ0v) is 12.5. The molecule has 21 heavy (non-hydrogen) atoms. The predicted octanol–water partition coefficient (Wildman–Crippen LogP) is 1.18.